The predicted molar refractivity (Wildman–Crippen MR) is 193 cm³/mol. The average molecular weight is 616 g/mol. The first-order valence-corrected chi connectivity index (χ1v) is 26.0. The van der Waals surface area contributed by atoms with Gasteiger partial charge in [-0.25, -0.2) is 0 Å². The van der Waals surface area contributed by atoms with Crippen molar-refractivity contribution in [3.63, 3.8) is 0 Å². The molecule has 0 saturated carbocycles. The third-order valence-corrected chi connectivity index (χ3v) is 20.0. The zero-order valence-corrected chi connectivity index (χ0v) is 33.4. The Balaban J connectivity index is 6.37. The maximum absolute atomic E-state index is 7.24. The largest absolute Gasteiger partial charge is 0.414 e. The number of allylic oxidation sites excluding steroid dienone is 1. The van der Waals surface area contributed by atoms with E-state index in [0.717, 1.165) is 6.42 Å². The first-order valence-electron chi connectivity index (χ1n) is 17.2. The van der Waals surface area contributed by atoms with Crippen molar-refractivity contribution in [2.24, 2.45) is 17.8 Å². The molecule has 5 atom stereocenters. The minimum Gasteiger partial charge on any atom is -0.414 e. The second-order valence-electron chi connectivity index (χ2n) is 15.9. The zero-order chi connectivity index (χ0) is 31.4. The molecule has 0 fully saturated rings. The highest BCUT2D eigenvalue weighted by Crippen LogP contribution is 2.62. The highest BCUT2D eigenvalue weighted by molar-refractivity contribution is 7.76. The van der Waals surface area contributed by atoms with Crippen molar-refractivity contribution in [3.8, 4) is 0 Å². The van der Waals surface area contributed by atoms with Gasteiger partial charge in [-0.3, -0.25) is 0 Å². The van der Waals surface area contributed by atoms with Crippen molar-refractivity contribution in [2.75, 3.05) is 24.6 Å². The minimum absolute atomic E-state index is 0.194. The fraction of sp³-hybridized carbons (Fsp3) is 0.943. The summed E-state index contributed by atoms with van der Waals surface area (Å²) >= 11 is 0. The molecule has 0 amide bonds. The monoisotopic (exact) mass is 616 g/mol. The molecule has 0 unspecified atom stereocenters. The van der Waals surface area contributed by atoms with Crippen LogP contribution < -0.4 is 0 Å². The summed E-state index contributed by atoms with van der Waals surface area (Å²) in [4.78, 5) is 0. The third kappa shape index (κ3) is 14.3. The first-order chi connectivity index (χ1) is 18.3. The number of unbranched alkanes of at least 4 members (excludes halogenated alkanes) is 3. The van der Waals surface area contributed by atoms with E-state index in [1.54, 1.807) is 5.57 Å². The van der Waals surface area contributed by atoms with Gasteiger partial charge in [-0.2, -0.15) is 0 Å². The second kappa shape index (κ2) is 18.4. The van der Waals surface area contributed by atoms with E-state index in [0.29, 0.717) is 17.8 Å². The summed E-state index contributed by atoms with van der Waals surface area (Å²) in [7, 11) is -4.61. The van der Waals surface area contributed by atoms with Gasteiger partial charge in [0.1, 0.15) is 0 Å². The molecule has 0 aliphatic heterocycles. The van der Waals surface area contributed by atoms with Crippen LogP contribution in [0, 0.1) is 17.8 Å². The SMILES string of the molecule is CCCC[P+](CCCC)(CCCC)C/C(C)=C\[C@@H](C)[C@H](O[Si](C)(C)C)[C@H](C)[C@H](O[Si](C)(C)C(C)(C)C)[C@@H](C)CC. The average Bonchev–Trinajstić information content (AvgIpc) is 2.84. The molecule has 0 aliphatic rings. The lowest BCUT2D eigenvalue weighted by Gasteiger charge is -2.46. The van der Waals surface area contributed by atoms with Crippen LogP contribution in [0.2, 0.25) is 37.8 Å². The van der Waals surface area contributed by atoms with Crippen LogP contribution in [0.15, 0.2) is 11.6 Å². The van der Waals surface area contributed by atoms with E-state index >= 15 is 0 Å². The van der Waals surface area contributed by atoms with Crippen LogP contribution in [0.3, 0.4) is 0 Å². The topological polar surface area (TPSA) is 18.5 Å². The molecule has 0 aliphatic carbocycles. The molecule has 0 aromatic heterocycles. The van der Waals surface area contributed by atoms with E-state index < -0.39 is 23.9 Å². The van der Waals surface area contributed by atoms with Crippen molar-refractivity contribution in [1.82, 2.24) is 0 Å². The Labute approximate surface area is 257 Å². The van der Waals surface area contributed by atoms with Crippen molar-refractivity contribution in [2.45, 2.75) is 171 Å². The molecular weight excluding hydrogens is 540 g/mol. The van der Waals surface area contributed by atoms with E-state index in [-0.39, 0.29) is 17.2 Å². The van der Waals surface area contributed by atoms with Gasteiger partial charge in [-0.1, -0.05) is 101 Å². The van der Waals surface area contributed by atoms with Crippen LogP contribution in [0.25, 0.3) is 0 Å². The van der Waals surface area contributed by atoms with E-state index in [1.165, 1.54) is 63.2 Å². The molecule has 0 rings (SSSR count). The Hall–Kier alpha value is 0.524. The van der Waals surface area contributed by atoms with Crippen LogP contribution in [0.5, 0.6) is 0 Å². The number of rotatable bonds is 21. The van der Waals surface area contributed by atoms with Gasteiger partial charge in [0.25, 0.3) is 0 Å². The molecule has 40 heavy (non-hydrogen) atoms. The Morgan fingerprint density at radius 2 is 1.20 bits per heavy atom. The molecule has 2 nitrogen and oxygen atoms in total. The Morgan fingerprint density at radius 1 is 0.750 bits per heavy atom. The van der Waals surface area contributed by atoms with Crippen LogP contribution in [0.1, 0.15) is 121 Å². The maximum Gasteiger partial charge on any atom is 0.192 e. The summed E-state index contributed by atoms with van der Waals surface area (Å²) in [6.07, 6.45) is 18.2. The van der Waals surface area contributed by atoms with E-state index in [2.05, 4.69) is 115 Å². The summed E-state index contributed by atoms with van der Waals surface area (Å²) in [5.74, 6) is 1.27. The smallest absolute Gasteiger partial charge is 0.192 e. The standard InChI is InChI=1S/C35H76O2PSi2/c1-17-21-24-38(25-22-18-2,26-23-19-3)28-29(5)27-31(7)34(36-39(12,13)14)32(8)33(30(6)20-4)37-40(15,16)35(9,10)11/h27,30-34H,17-26,28H2,1-16H3/q+1/b29-27-/t30-,31+,32+,33+,34-/m0/s1. The van der Waals surface area contributed by atoms with Crippen molar-refractivity contribution >= 4 is 23.9 Å². The Bertz CT molecular complexity index is 685. The minimum atomic E-state index is -1.91. The molecule has 240 valence electrons. The Morgan fingerprint density at radius 3 is 1.55 bits per heavy atom. The van der Waals surface area contributed by atoms with E-state index in [9.17, 15) is 0 Å². The predicted octanol–water partition coefficient (Wildman–Crippen LogP) is 12.3. The van der Waals surface area contributed by atoms with Gasteiger partial charge in [-0.15, -0.1) is 0 Å². The Kier molecular flexibility index (Phi) is 18.6. The van der Waals surface area contributed by atoms with Gasteiger partial charge in [0.2, 0.25) is 0 Å². The van der Waals surface area contributed by atoms with Gasteiger partial charge in [0.15, 0.2) is 16.6 Å². The zero-order valence-electron chi connectivity index (χ0n) is 30.5. The lowest BCUT2D eigenvalue weighted by atomic mass is 9.83. The summed E-state index contributed by atoms with van der Waals surface area (Å²) in [6.45, 7) is 38.2. The van der Waals surface area contributed by atoms with Crippen LogP contribution >= 0.6 is 7.26 Å². The second-order valence-corrected chi connectivity index (χ2v) is 29.4. The van der Waals surface area contributed by atoms with Crippen molar-refractivity contribution in [3.05, 3.63) is 11.6 Å². The summed E-state index contributed by atoms with van der Waals surface area (Å²) in [6, 6.07) is 0. The highest BCUT2D eigenvalue weighted by Gasteiger charge is 2.44. The van der Waals surface area contributed by atoms with Crippen molar-refractivity contribution < 1.29 is 8.85 Å². The number of hydrogen-bond donors (Lipinski definition) is 0. The molecular formula is C35H76O2PSi2+. The van der Waals surface area contributed by atoms with E-state index in [4.69, 9.17) is 8.85 Å². The molecule has 0 spiro atoms. The lowest BCUT2D eigenvalue weighted by Crippen LogP contribution is -2.51. The molecule has 0 aromatic carbocycles. The van der Waals surface area contributed by atoms with Gasteiger partial charge in [0, 0.05) is 13.2 Å². The molecule has 5 heteroatoms. The third-order valence-electron chi connectivity index (χ3n) is 9.58. The normalized spacial score (nSPS) is 17.9. The molecule has 0 bridgehead atoms. The molecule has 0 radical (unpaired) electrons. The molecule has 0 aromatic rings. The fourth-order valence-corrected chi connectivity index (χ4v) is 14.0. The van der Waals surface area contributed by atoms with Gasteiger partial charge >= 0.3 is 0 Å². The molecule has 0 heterocycles. The first kappa shape index (κ1) is 40.5. The number of hydrogen-bond acceptors (Lipinski definition) is 2. The molecule has 0 N–H and O–H groups in total. The fourth-order valence-electron chi connectivity index (χ4n) is 5.96. The van der Waals surface area contributed by atoms with Crippen molar-refractivity contribution in [1.29, 1.82) is 0 Å². The molecule has 0 saturated heterocycles. The van der Waals surface area contributed by atoms with Gasteiger partial charge < -0.3 is 8.85 Å². The van der Waals surface area contributed by atoms with Crippen LogP contribution in [-0.4, -0.2) is 53.5 Å². The maximum atomic E-state index is 7.24. The quantitative estimate of drug-likeness (QED) is 0.0726. The lowest BCUT2D eigenvalue weighted by molar-refractivity contribution is -0.00549. The van der Waals surface area contributed by atoms with Crippen LogP contribution in [-0.2, 0) is 8.85 Å². The summed E-state index contributed by atoms with van der Waals surface area (Å²) in [5.41, 5.74) is 1.63. The van der Waals surface area contributed by atoms with Gasteiger partial charge in [-0.05, 0) is 81.4 Å². The van der Waals surface area contributed by atoms with Gasteiger partial charge in [0.05, 0.1) is 36.9 Å². The van der Waals surface area contributed by atoms with Crippen LogP contribution in [0.4, 0.5) is 0 Å². The summed E-state index contributed by atoms with van der Waals surface area (Å²) in [5, 5.41) is 0.207. The van der Waals surface area contributed by atoms with E-state index in [1.807, 2.05) is 0 Å². The summed E-state index contributed by atoms with van der Waals surface area (Å²) < 4.78 is 14.3. The highest BCUT2D eigenvalue weighted by atomic mass is 31.2.